The number of carbonyl (C=O) groups is 1. The number of alkyl halides is 1. The van der Waals surface area contributed by atoms with E-state index in [1.807, 2.05) is 0 Å². The van der Waals surface area contributed by atoms with Crippen LogP contribution in [0.5, 0.6) is 0 Å². The maximum absolute atomic E-state index is 10.6. The van der Waals surface area contributed by atoms with Crippen molar-refractivity contribution in [2.24, 2.45) is 0 Å². The predicted molar refractivity (Wildman–Crippen MR) is 57.2 cm³/mol. The van der Waals surface area contributed by atoms with E-state index >= 15 is 0 Å². The Morgan fingerprint density at radius 2 is 2.00 bits per heavy atom. The van der Waals surface area contributed by atoms with Gasteiger partial charge in [-0.3, -0.25) is 0 Å². The highest BCUT2D eigenvalue weighted by Gasteiger charge is 2.14. The molecule has 1 atom stereocenters. The van der Waals surface area contributed by atoms with E-state index in [4.69, 9.17) is 28.3 Å². The van der Waals surface area contributed by atoms with Crippen molar-refractivity contribution >= 4 is 34.9 Å². The summed E-state index contributed by atoms with van der Waals surface area (Å²) in [4.78, 5) is 10.6. The van der Waals surface area contributed by atoms with E-state index in [9.17, 15) is 4.79 Å². The summed E-state index contributed by atoms with van der Waals surface area (Å²) in [7, 11) is 0. The van der Waals surface area contributed by atoms with Gasteiger partial charge < -0.3 is 10.4 Å². The van der Waals surface area contributed by atoms with Crippen molar-refractivity contribution in [1.82, 2.24) is 0 Å². The molecule has 0 saturated carbocycles. The number of carboxylic acid groups (broad SMARTS) is 1. The SMILES string of the molecule is O=C(O)[C@H](CCl)Nc1ccc(Cl)cc1. The van der Waals surface area contributed by atoms with Crippen LogP contribution in [0, 0.1) is 0 Å². The fourth-order valence-corrected chi connectivity index (χ4v) is 1.25. The van der Waals surface area contributed by atoms with Crippen LogP contribution in [-0.4, -0.2) is 23.0 Å². The first kappa shape index (κ1) is 11.1. The Labute approximate surface area is 91.6 Å². The topological polar surface area (TPSA) is 49.3 Å². The third-order valence-corrected chi connectivity index (χ3v) is 2.20. The third-order valence-electron chi connectivity index (χ3n) is 1.64. The highest BCUT2D eigenvalue weighted by Crippen LogP contribution is 2.14. The Balaban J connectivity index is 2.67. The average Bonchev–Trinajstić information content (AvgIpc) is 2.16. The van der Waals surface area contributed by atoms with E-state index in [0.29, 0.717) is 10.7 Å². The molecule has 3 nitrogen and oxygen atoms in total. The number of hydrogen-bond donors (Lipinski definition) is 2. The van der Waals surface area contributed by atoms with Gasteiger partial charge in [0, 0.05) is 10.7 Å². The summed E-state index contributed by atoms with van der Waals surface area (Å²) >= 11 is 11.1. The molecule has 0 saturated heterocycles. The zero-order valence-corrected chi connectivity index (χ0v) is 8.72. The van der Waals surface area contributed by atoms with Crippen molar-refractivity contribution in [2.45, 2.75) is 6.04 Å². The van der Waals surface area contributed by atoms with Gasteiger partial charge in [0.15, 0.2) is 0 Å². The van der Waals surface area contributed by atoms with Crippen LogP contribution in [0.1, 0.15) is 0 Å². The number of benzene rings is 1. The van der Waals surface area contributed by atoms with E-state index in [1.165, 1.54) is 0 Å². The molecule has 0 aromatic heterocycles. The van der Waals surface area contributed by atoms with Gasteiger partial charge in [-0.25, -0.2) is 4.79 Å². The molecule has 0 unspecified atom stereocenters. The van der Waals surface area contributed by atoms with Crippen LogP contribution < -0.4 is 5.32 Å². The summed E-state index contributed by atoms with van der Waals surface area (Å²) in [5, 5.41) is 12.1. The molecule has 0 heterocycles. The lowest BCUT2D eigenvalue weighted by Crippen LogP contribution is -2.30. The summed E-state index contributed by atoms with van der Waals surface area (Å²) < 4.78 is 0. The number of halogens is 2. The number of nitrogens with one attached hydrogen (secondary N) is 1. The van der Waals surface area contributed by atoms with E-state index < -0.39 is 12.0 Å². The van der Waals surface area contributed by atoms with E-state index in [1.54, 1.807) is 24.3 Å². The van der Waals surface area contributed by atoms with Crippen molar-refractivity contribution in [3.8, 4) is 0 Å². The van der Waals surface area contributed by atoms with E-state index in [-0.39, 0.29) is 5.88 Å². The van der Waals surface area contributed by atoms with Crippen molar-refractivity contribution < 1.29 is 9.90 Å². The first-order valence-corrected chi connectivity index (χ1v) is 4.85. The van der Waals surface area contributed by atoms with Crippen LogP contribution in [0.25, 0.3) is 0 Å². The fraction of sp³-hybridized carbons (Fsp3) is 0.222. The molecule has 0 amide bonds. The van der Waals surface area contributed by atoms with Crippen LogP contribution in [-0.2, 0) is 4.79 Å². The summed E-state index contributed by atoms with van der Waals surface area (Å²) in [5.74, 6) is -0.965. The Bertz CT molecular complexity index is 313. The Morgan fingerprint density at radius 3 is 2.43 bits per heavy atom. The maximum Gasteiger partial charge on any atom is 0.327 e. The Hall–Kier alpha value is -0.930. The van der Waals surface area contributed by atoms with Gasteiger partial charge in [-0.2, -0.15) is 0 Å². The minimum Gasteiger partial charge on any atom is -0.480 e. The first-order valence-electron chi connectivity index (χ1n) is 3.94. The molecule has 1 rings (SSSR count). The molecule has 1 aromatic carbocycles. The molecule has 14 heavy (non-hydrogen) atoms. The molecule has 0 radical (unpaired) electrons. The van der Waals surface area contributed by atoms with Gasteiger partial charge in [0.1, 0.15) is 6.04 Å². The molecule has 2 N–H and O–H groups in total. The molecule has 76 valence electrons. The van der Waals surface area contributed by atoms with Crippen LogP contribution in [0.4, 0.5) is 5.69 Å². The minimum absolute atomic E-state index is 0.0119. The van der Waals surface area contributed by atoms with Crippen LogP contribution >= 0.6 is 23.2 Å². The summed E-state index contributed by atoms with van der Waals surface area (Å²) in [6.07, 6.45) is 0. The quantitative estimate of drug-likeness (QED) is 0.786. The number of rotatable bonds is 4. The predicted octanol–water partition coefficient (Wildman–Crippen LogP) is 2.44. The first-order chi connectivity index (χ1) is 6.63. The van der Waals surface area contributed by atoms with Crippen molar-refractivity contribution in [2.75, 3.05) is 11.2 Å². The standard InChI is InChI=1S/C9H9Cl2NO2/c10-5-8(9(13)14)12-7-3-1-6(11)2-4-7/h1-4,8,12H,5H2,(H,13,14)/t8-/m0/s1. The van der Waals surface area contributed by atoms with Gasteiger partial charge in [0.05, 0.1) is 5.88 Å². The number of anilines is 1. The Morgan fingerprint density at radius 1 is 1.43 bits per heavy atom. The summed E-state index contributed by atoms with van der Waals surface area (Å²) in [6, 6.07) is 5.97. The van der Waals surface area contributed by atoms with Crippen LogP contribution in [0.15, 0.2) is 24.3 Å². The molecular formula is C9H9Cl2NO2. The molecule has 0 bridgehead atoms. The molecule has 0 aliphatic rings. The van der Waals surface area contributed by atoms with Gasteiger partial charge >= 0.3 is 5.97 Å². The lowest BCUT2D eigenvalue weighted by molar-refractivity contribution is -0.137. The molecule has 5 heteroatoms. The molecule has 0 spiro atoms. The molecule has 0 fully saturated rings. The van der Waals surface area contributed by atoms with E-state index in [0.717, 1.165) is 0 Å². The zero-order valence-electron chi connectivity index (χ0n) is 7.21. The van der Waals surface area contributed by atoms with Gasteiger partial charge in [-0.1, -0.05) is 11.6 Å². The normalized spacial score (nSPS) is 12.1. The molecular weight excluding hydrogens is 225 g/mol. The highest BCUT2D eigenvalue weighted by atomic mass is 35.5. The highest BCUT2D eigenvalue weighted by molar-refractivity contribution is 6.30. The van der Waals surface area contributed by atoms with Crippen molar-refractivity contribution in [1.29, 1.82) is 0 Å². The summed E-state index contributed by atoms with van der Waals surface area (Å²) in [6.45, 7) is 0. The second-order valence-electron chi connectivity index (χ2n) is 2.70. The lowest BCUT2D eigenvalue weighted by atomic mass is 10.2. The summed E-state index contributed by atoms with van der Waals surface area (Å²) in [5.41, 5.74) is 0.683. The maximum atomic E-state index is 10.6. The molecule has 1 aromatic rings. The van der Waals surface area contributed by atoms with Gasteiger partial charge in [0.2, 0.25) is 0 Å². The van der Waals surface area contributed by atoms with Crippen molar-refractivity contribution in [3.63, 3.8) is 0 Å². The second-order valence-corrected chi connectivity index (χ2v) is 3.44. The second kappa shape index (κ2) is 5.08. The largest absolute Gasteiger partial charge is 0.480 e. The van der Waals surface area contributed by atoms with Crippen LogP contribution in [0.2, 0.25) is 5.02 Å². The van der Waals surface area contributed by atoms with Crippen LogP contribution in [0.3, 0.4) is 0 Å². The van der Waals surface area contributed by atoms with Gasteiger partial charge in [-0.15, -0.1) is 11.6 Å². The zero-order chi connectivity index (χ0) is 10.6. The van der Waals surface area contributed by atoms with Crippen molar-refractivity contribution in [3.05, 3.63) is 29.3 Å². The molecule has 0 aliphatic carbocycles. The number of carboxylic acids is 1. The Kier molecular flexibility index (Phi) is 4.04. The van der Waals surface area contributed by atoms with E-state index in [2.05, 4.69) is 5.32 Å². The van der Waals surface area contributed by atoms with Gasteiger partial charge in [-0.05, 0) is 24.3 Å². The molecule has 0 aliphatic heterocycles. The third kappa shape index (κ3) is 3.09. The average molecular weight is 234 g/mol. The fourth-order valence-electron chi connectivity index (χ4n) is 0.914. The number of hydrogen-bond acceptors (Lipinski definition) is 2. The lowest BCUT2D eigenvalue weighted by Gasteiger charge is -2.12. The van der Waals surface area contributed by atoms with Gasteiger partial charge in [0.25, 0.3) is 0 Å². The number of aliphatic carboxylic acids is 1. The minimum atomic E-state index is -0.977. The smallest absolute Gasteiger partial charge is 0.327 e. The monoisotopic (exact) mass is 233 g/mol.